The fourth-order valence-electron chi connectivity index (χ4n) is 3.05. The summed E-state index contributed by atoms with van der Waals surface area (Å²) < 4.78 is 55.3. The third-order valence-corrected chi connectivity index (χ3v) is 4.19. The van der Waals surface area contributed by atoms with Gasteiger partial charge in [-0.2, -0.15) is 13.2 Å². The molecule has 136 valence electrons. The second kappa shape index (κ2) is 6.78. The quantitative estimate of drug-likeness (QED) is 0.609. The maximum atomic E-state index is 12.9. The molecule has 6 heteroatoms. The third kappa shape index (κ3) is 2.92. The Bertz CT molecular complexity index is 932. The van der Waals surface area contributed by atoms with Crippen molar-refractivity contribution in [2.75, 3.05) is 21.3 Å². The first-order valence-corrected chi connectivity index (χ1v) is 7.80. The fourth-order valence-corrected chi connectivity index (χ4v) is 3.05. The van der Waals surface area contributed by atoms with Gasteiger partial charge in [0.1, 0.15) is 5.75 Å². The van der Waals surface area contributed by atoms with E-state index in [-0.39, 0.29) is 0 Å². The Morgan fingerprint density at radius 2 is 1.15 bits per heavy atom. The van der Waals surface area contributed by atoms with Gasteiger partial charge in [0.15, 0.2) is 11.5 Å². The summed E-state index contributed by atoms with van der Waals surface area (Å²) in [6, 6.07) is 12.3. The van der Waals surface area contributed by atoms with Crippen LogP contribution >= 0.6 is 0 Å². The maximum Gasteiger partial charge on any atom is 0.416 e. The Hall–Kier alpha value is -2.89. The van der Waals surface area contributed by atoms with Crippen LogP contribution in [0.1, 0.15) is 5.56 Å². The van der Waals surface area contributed by atoms with Crippen LogP contribution in [0.3, 0.4) is 0 Å². The Labute approximate surface area is 148 Å². The Kier molecular flexibility index (Phi) is 4.68. The van der Waals surface area contributed by atoms with Crippen LogP contribution in [0.4, 0.5) is 13.2 Å². The van der Waals surface area contributed by atoms with E-state index in [1.807, 2.05) is 24.3 Å². The first-order valence-electron chi connectivity index (χ1n) is 7.80. The van der Waals surface area contributed by atoms with Crippen molar-refractivity contribution in [1.82, 2.24) is 0 Å². The number of methoxy groups -OCH3 is 3. The summed E-state index contributed by atoms with van der Waals surface area (Å²) in [7, 11) is 4.52. The molecule has 0 heterocycles. The van der Waals surface area contributed by atoms with E-state index in [2.05, 4.69) is 0 Å². The number of hydrogen-bond donors (Lipinski definition) is 0. The number of ether oxygens (including phenoxy) is 3. The smallest absolute Gasteiger partial charge is 0.416 e. The fraction of sp³-hybridized carbons (Fsp3) is 0.200. The second-order valence-corrected chi connectivity index (χ2v) is 5.60. The van der Waals surface area contributed by atoms with E-state index in [9.17, 15) is 13.2 Å². The molecular weight excluding hydrogens is 345 g/mol. The molecule has 0 radical (unpaired) electrons. The third-order valence-electron chi connectivity index (χ3n) is 4.19. The van der Waals surface area contributed by atoms with Crippen LogP contribution in [-0.2, 0) is 6.18 Å². The van der Waals surface area contributed by atoms with Crippen molar-refractivity contribution < 1.29 is 27.4 Å². The molecule has 0 N–H and O–H groups in total. The lowest BCUT2D eigenvalue weighted by atomic mass is 9.96. The predicted octanol–water partition coefficient (Wildman–Crippen LogP) is 5.55. The summed E-state index contributed by atoms with van der Waals surface area (Å²) in [5, 5.41) is 1.57. The van der Waals surface area contributed by atoms with Gasteiger partial charge in [-0.3, -0.25) is 0 Å². The minimum absolute atomic E-state index is 0.405. The van der Waals surface area contributed by atoms with Crippen LogP contribution in [0.5, 0.6) is 17.2 Å². The molecular formula is C20H17F3O3. The predicted molar refractivity (Wildman–Crippen MR) is 94.0 cm³/mol. The van der Waals surface area contributed by atoms with Gasteiger partial charge in [-0.25, -0.2) is 0 Å². The molecule has 3 nitrogen and oxygen atoms in total. The molecule has 0 spiro atoms. The molecule has 0 aliphatic carbocycles. The monoisotopic (exact) mass is 362 g/mol. The zero-order valence-electron chi connectivity index (χ0n) is 14.5. The zero-order chi connectivity index (χ0) is 18.9. The Morgan fingerprint density at radius 3 is 1.62 bits per heavy atom. The summed E-state index contributed by atoms with van der Waals surface area (Å²) in [6.45, 7) is 0. The SMILES string of the molecule is COc1c(-c2ccc(C(F)(F)F)cc2)c(OC)c2ccccc2c1OC. The average molecular weight is 362 g/mol. The summed E-state index contributed by atoms with van der Waals surface area (Å²) in [6.07, 6.45) is -4.40. The first kappa shape index (κ1) is 17.9. The highest BCUT2D eigenvalue weighted by Crippen LogP contribution is 2.50. The van der Waals surface area contributed by atoms with E-state index in [1.54, 1.807) is 0 Å². The minimum atomic E-state index is -4.40. The van der Waals surface area contributed by atoms with Crippen molar-refractivity contribution in [2.45, 2.75) is 6.18 Å². The van der Waals surface area contributed by atoms with Gasteiger partial charge in [-0.15, -0.1) is 0 Å². The van der Waals surface area contributed by atoms with Gasteiger partial charge >= 0.3 is 6.18 Å². The molecule has 0 aromatic heterocycles. The number of rotatable bonds is 4. The van der Waals surface area contributed by atoms with Gasteiger partial charge in [0.25, 0.3) is 0 Å². The second-order valence-electron chi connectivity index (χ2n) is 5.60. The van der Waals surface area contributed by atoms with Gasteiger partial charge < -0.3 is 14.2 Å². The van der Waals surface area contributed by atoms with Crippen LogP contribution in [0.2, 0.25) is 0 Å². The maximum absolute atomic E-state index is 12.9. The van der Waals surface area contributed by atoms with Crippen molar-refractivity contribution in [3.63, 3.8) is 0 Å². The summed E-state index contributed by atoms with van der Waals surface area (Å²) in [4.78, 5) is 0. The molecule has 0 saturated heterocycles. The highest BCUT2D eigenvalue weighted by Gasteiger charge is 2.30. The normalized spacial score (nSPS) is 11.5. The number of benzene rings is 3. The van der Waals surface area contributed by atoms with E-state index < -0.39 is 11.7 Å². The van der Waals surface area contributed by atoms with E-state index in [0.717, 1.165) is 22.9 Å². The number of hydrogen-bond acceptors (Lipinski definition) is 3. The summed E-state index contributed by atoms with van der Waals surface area (Å²) >= 11 is 0. The summed E-state index contributed by atoms with van der Waals surface area (Å²) in [5.41, 5.74) is 0.363. The first-order chi connectivity index (χ1) is 12.4. The number of alkyl halides is 3. The minimum Gasteiger partial charge on any atom is -0.495 e. The molecule has 0 fully saturated rings. The van der Waals surface area contributed by atoms with Crippen LogP contribution in [0, 0.1) is 0 Å². The van der Waals surface area contributed by atoms with Crippen LogP contribution < -0.4 is 14.2 Å². The van der Waals surface area contributed by atoms with Crippen molar-refractivity contribution >= 4 is 10.8 Å². The molecule has 0 atom stereocenters. The average Bonchev–Trinajstić information content (AvgIpc) is 2.65. The van der Waals surface area contributed by atoms with Crippen molar-refractivity contribution in [2.24, 2.45) is 0 Å². The lowest BCUT2D eigenvalue weighted by molar-refractivity contribution is -0.137. The largest absolute Gasteiger partial charge is 0.495 e. The van der Waals surface area contributed by atoms with Gasteiger partial charge in [0.2, 0.25) is 0 Å². The molecule has 0 saturated carbocycles. The number of halogens is 3. The molecule has 0 aliphatic rings. The Morgan fingerprint density at radius 1 is 0.654 bits per heavy atom. The molecule has 0 unspecified atom stereocenters. The standard InChI is InChI=1S/C20H17F3O3/c1-24-17-14-6-4-5-7-15(14)18(25-2)19(26-3)16(17)12-8-10-13(11-9-12)20(21,22)23/h4-11H,1-3H3. The van der Waals surface area contributed by atoms with Crippen LogP contribution in [0.25, 0.3) is 21.9 Å². The van der Waals surface area contributed by atoms with Gasteiger partial charge in [-0.05, 0) is 17.7 Å². The van der Waals surface area contributed by atoms with Gasteiger partial charge in [0, 0.05) is 10.8 Å². The van der Waals surface area contributed by atoms with E-state index in [0.29, 0.717) is 28.4 Å². The topological polar surface area (TPSA) is 27.7 Å². The summed E-state index contributed by atoms with van der Waals surface area (Å²) in [5.74, 6) is 1.42. The van der Waals surface area contributed by atoms with Crippen molar-refractivity contribution in [1.29, 1.82) is 0 Å². The Balaban J connectivity index is 2.34. The zero-order valence-corrected chi connectivity index (χ0v) is 14.5. The van der Waals surface area contributed by atoms with Crippen LogP contribution in [-0.4, -0.2) is 21.3 Å². The molecule has 3 rings (SSSR count). The molecule has 0 amide bonds. The molecule has 26 heavy (non-hydrogen) atoms. The van der Waals surface area contributed by atoms with Crippen molar-refractivity contribution in [3.05, 3.63) is 54.1 Å². The highest BCUT2D eigenvalue weighted by molar-refractivity contribution is 6.03. The van der Waals surface area contributed by atoms with Crippen molar-refractivity contribution in [3.8, 4) is 28.4 Å². The van der Waals surface area contributed by atoms with E-state index >= 15 is 0 Å². The van der Waals surface area contributed by atoms with Gasteiger partial charge in [0.05, 0.1) is 32.5 Å². The van der Waals surface area contributed by atoms with E-state index in [1.165, 1.54) is 33.5 Å². The molecule has 3 aromatic carbocycles. The molecule has 0 bridgehead atoms. The highest BCUT2D eigenvalue weighted by atomic mass is 19.4. The molecule has 0 aliphatic heterocycles. The molecule has 3 aromatic rings. The number of fused-ring (bicyclic) bond motifs is 1. The van der Waals surface area contributed by atoms with Crippen LogP contribution in [0.15, 0.2) is 48.5 Å². The lowest BCUT2D eigenvalue weighted by Crippen LogP contribution is -2.04. The van der Waals surface area contributed by atoms with Gasteiger partial charge in [-0.1, -0.05) is 36.4 Å². The lowest BCUT2D eigenvalue weighted by Gasteiger charge is -2.20. The van der Waals surface area contributed by atoms with E-state index in [4.69, 9.17) is 14.2 Å².